The lowest BCUT2D eigenvalue weighted by Crippen LogP contribution is -2.22. The van der Waals surface area contributed by atoms with Gasteiger partial charge in [0.15, 0.2) is 0 Å². The van der Waals surface area contributed by atoms with Crippen molar-refractivity contribution in [2.24, 2.45) is 0 Å². The highest BCUT2D eigenvalue weighted by Gasteiger charge is 2.18. The highest BCUT2D eigenvalue weighted by molar-refractivity contribution is 7.89. The second-order valence-electron chi connectivity index (χ2n) is 6.42. The van der Waals surface area contributed by atoms with Crippen LogP contribution in [-0.4, -0.2) is 54.1 Å². The number of ether oxygens (including phenoxy) is 1. The topological polar surface area (TPSA) is 102 Å². The van der Waals surface area contributed by atoms with Gasteiger partial charge in [-0.05, 0) is 42.5 Å². The zero-order chi connectivity index (χ0) is 21.2. The number of aromatic nitrogens is 2. The first-order chi connectivity index (χ1) is 13.7. The number of imidazole rings is 1. The van der Waals surface area contributed by atoms with Crippen LogP contribution in [0.4, 0.5) is 0 Å². The van der Waals surface area contributed by atoms with Crippen molar-refractivity contribution in [3.05, 3.63) is 58.9 Å². The van der Waals surface area contributed by atoms with E-state index in [2.05, 4.69) is 4.98 Å². The molecule has 3 aromatic rings. The first-order valence-electron chi connectivity index (χ1n) is 8.69. The van der Waals surface area contributed by atoms with Crippen LogP contribution in [0.25, 0.3) is 11.0 Å². The quantitative estimate of drug-likeness (QED) is 0.569. The van der Waals surface area contributed by atoms with Gasteiger partial charge in [0.05, 0.1) is 28.1 Å². The van der Waals surface area contributed by atoms with Crippen molar-refractivity contribution in [2.75, 3.05) is 20.7 Å². The molecule has 8 nitrogen and oxygen atoms in total. The average Bonchev–Trinajstić information content (AvgIpc) is 3.03. The fourth-order valence-electron chi connectivity index (χ4n) is 2.79. The predicted octanol–water partition coefficient (Wildman–Crippen LogP) is 2.29. The number of hydrogen-bond acceptors (Lipinski definition) is 6. The van der Waals surface area contributed by atoms with Crippen LogP contribution in [0.5, 0.6) is 0 Å². The van der Waals surface area contributed by atoms with E-state index in [1.165, 1.54) is 38.4 Å². The second kappa shape index (κ2) is 8.50. The van der Waals surface area contributed by atoms with Crippen molar-refractivity contribution in [3.8, 4) is 0 Å². The number of hydrogen-bond donors (Lipinski definition) is 1. The van der Waals surface area contributed by atoms with E-state index in [0.29, 0.717) is 16.4 Å². The highest BCUT2D eigenvalue weighted by atomic mass is 35.5. The fourth-order valence-corrected chi connectivity index (χ4v) is 3.86. The molecule has 2 aromatic carbocycles. The Morgan fingerprint density at radius 2 is 1.90 bits per heavy atom. The van der Waals surface area contributed by atoms with Gasteiger partial charge in [-0.25, -0.2) is 22.5 Å². The van der Waals surface area contributed by atoms with E-state index in [1.54, 1.807) is 22.8 Å². The zero-order valence-electron chi connectivity index (χ0n) is 15.9. The summed E-state index contributed by atoms with van der Waals surface area (Å²) in [5, 5.41) is 9.87. The zero-order valence-corrected chi connectivity index (χ0v) is 17.4. The third-order valence-electron chi connectivity index (χ3n) is 4.31. The maximum absolute atomic E-state index is 12.4. The predicted molar refractivity (Wildman–Crippen MR) is 108 cm³/mol. The van der Waals surface area contributed by atoms with Crippen LogP contribution in [0.15, 0.2) is 47.4 Å². The summed E-state index contributed by atoms with van der Waals surface area (Å²) in [7, 11) is -0.704. The molecule has 0 saturated heterocycles. The van der Waals surface area contributed by atoms with Gasteiger partial charge in [-0.1, -0.05) is 11.6 Å². The van der Waals surface area contributed by atoms with Crippen LogP contribution < -0.4 is 0 Å². The summed E-state index contributed by atoms with van der Waals surface area (Å²) in [6.45, 7) is 0.0599. The molecule has 0 aliphatic heterocycles. The molecule has 154 valence electrons. The molecular weight excluding hydrogens is 418 g/mol. The first kappa shape index (κ1) is 21.3. The summed E-state index contributed by atoms with van der Waals surface area (Å²) in [6, 6.07) is 10.7. The van der Waals surface area contributed by atoms with E-state index < -0.39 is 16.0 Å². The third kappa shape index (κ3) is 4.43. The normalized spacial score (nSPS) is 11.9. The van der Waals surface area contributed by atoms with Crippen molar-refractivity contribution < 1.29 is 23.1 Å². The molecule has 0 radical (unpaired) electrons. The number of carbonyl (C=O) groups excluding carboxylic acids is 1. The van der Waals surface area contributed by atoms with Gasteiger partial charge in [-0.15, -0.1) is 0 Å². The number of sulfonamides is 1. The number of fused-ring (bicyclic) bond motifs is 1. The lowest BCUT2D eigenvalue weighted by molar-refractivity contribution is 0.0457. The van der Waals surface area contributed by atoms with Crippen molar-refractivity contribution >= 4 is 38.6 Å². The number of aliphatic hydroxyl groups excluding tert-OH is 1. The minimum atomic E-state index is -3.57. The Morgan fingerprint density at radius 1 is 1.21 bits per heavy atom. The van der Waals surface area contributed by atoms with E-state index in [9.17, 15) is 18.3 Å². The van der Waals surface area contributed by atoms with Gasteiger partial charge >= 0.3 is 5.97 Å². The van der Waals surface area contributed by atoms with Crippen LogP contribution in [0.3, 0.4) is 0 Å². The average molecular weight is 438 g/mol. The van der Waals surface area contributed by atoms with Gasteiger partial charge in [0, 0.05) is 25.7 Å². The SMILES string of the molecule is CN(C)S(=O)(=O)c1ccc(C(=O)OCc2nc3ccc(Cl)cc3n2CCO)cc1. The minimum absolute atomic E-state index is 0.0840. The molecule has 0 spiro atoms. The van der Waals surface area contributed by atoms with Crippen molar-refractivity contribution in [2.45, 2.75) is 18.0 Å². The summed E-state index contributed by atoms with van der Waals surface area (Å²) in [5.74, 6) is -0.143. The van der Waals surface area contributed by atoms with Crippen molar-refractivity contribution in [1.82, 2.24) is 13.9 Å². The van der Waals surface area contributed by atoms with E-state index in [4.69, 9.17) is 16.3 Å². The summed E-state index contributed by atoms with van der Waals surface area (Å²) in [5.41, 5.74) is 1.62. The van der Waals surface area contributed by atoms with Crippen LogP contribution in [-0.2, 0) is 27.9 Å². The minimum Gasteiger partial charge on any atom is -0.454 e. The molecule has 0 atom stereocenters. The number of benzene rings is 2. The van der Waals surface area contributed by atoms with Gasteiger partial charge in [-0.3, -0.25) is 0 Å². The Hall–Kier alpha value is -2.46. The molecule has 29 heavy (non-hydrogen) atoms. The maximum Gasteiger partial charge on any atom is 0.338 e. The monoisotopic (exact) mass is 437 g/mol. The molecule has 1 heterocycles. The Labute approximate surface area is 173 Å². The molecule has 0 amide bonds. The first-order valence-corrected chi connectivity index (χ1v) is 10.5. The number of carbonyl (C=O) groups is 1. The molecule has 0 fully saturated rings. The van der Waals surface area contributed by atoms with Gasteiger partial charge < -0.3 is 14.4 Å². The summed E-state index contributed by atoms with van der Waals surface area (Å²) in [6.07, 6.45) is 0. The Balaban J connectivity index is 1.78. The fraction of sp³-hybridized carbons (Fsp3) is 0.263. The van der Waals surface area contributed by atoms with Crippen LogP contribution in [0, 0.1) is 0 Å². The highest BCUT2D eigenvalue weighted by Crippen LogP contribution is 2.22. The number of rotatable bonds is 7. The molecule has 0 saturated carbocycles. The largest absolute Gasteiger partial charge is 0.454 e. The van der Waals surface area contributed by atoms with Gasteiger partial charge in [0.2, 0.25) is 10.0 Å². The summed E-state index contributed by atoms with van der Waals surface area (Å²) < 4.78 is 32.4. The van der Waals surface area contributed by atoms with Crippen LogP contribution >= 0.6 is 11.6 Å². The van der Waals surface area contributed by atoms with Crippen molar-refractivity contribution in [3.63, 3.8) is 0 Å². The van der Waals surface area contributed by atoms with E-state index in [-0.39, 0.29) is 30.2 Å². The smallest absolute Gasteiger partial charge is 0.338 e. The molecule has 0 aliphatic rings. The van der Waals surface area contributed by atoms with Crippen LogP contribution in [0.1, 0.15) is 16.2 Å². The lowest BCUT2D eigenvalue weighted by Gasteiger charge is -2.11. The molecule has 1 N–H and O–H groups in total. The standard InChI is InChI=1S/C19H20ClN3O5S/c1-22(2)29(26,27)15-6-3-13(4-7-15)19(25)28-12-18-21-16-8-5-14(20)11-17(16)23(18)9-10-24/h3-8,11,24H,9-10,12H2,1-2H3. The van der Waals surface area contributed by atoms with E-state index >= 15 is 0 Å². The molecule has 10 heteroatoms. The van der Waals surface area contributed by atoms with E-state index in [0.717, 1.165) is 9.82 Å². The molecule has 0 unspecified atom stereocenters. The van der Waals surface area contributed by atoms with E-state index in [1.807, 2.05) is 0 Å². The Kier molecular flexibility index (Phi) is 6.23. The molecular formula is C19H20ClN3O5S. The van der Waals surface area contributed by atoms with Gasteiger partial charge in [0.25, 0.3) is 0 Å². The summed E-state index contributed by atoms with van der Waals surface area (Å²) in [4.78, 5) is 16.9. The molecule has 0 bridgehead atoms. The summed E-state index contributed by atoms with van der Waals surface area (Å²) >= 11 is 6.04. The third-order valence-corrected chi connectivity index (χ3v) is 6.38. The number of halogens is 1. The van der Waals surface area contributed by atoms with Gasteiger partial charge in [0.1, 0.15) is 12.4 Å². The molecule has 1 aromatic heterocycles. The van der Waals surface area contributed by atoms with Crippen molar-refractivity contribution in [1.29, 1.82) is 0 Å². The van der Waals surface area contributed by atoms with Gasteiger partial charge in [-0.2, -0.15) is 0 Å². The number of nitrogens with zero attached hydrogens (tertiary/aromatic N) is 3. The second-order valence-corrected chi connectivity index (χ2v) is 9.01. The molecule has 0 aliphatic carbocycles. The lowest BCUT2D eigenvalue weighted by atomic mass is 10.2. The Bertz CT molecular complexity index is 1140. The molecule has 3 rings (SSSR count). The maximum atomic E-state index is 12.4. The van der Waals surface area contributed by atoms with Crippen LogP contribution in [0.2, 0.25) is 5.02 Å². The number of aliphatic hydroxyl groups is 1. The Morgan fingerprint density at radius 3 is 2.52 bits per heavy atom. The number of esters is 1.